The minimum Gasteiger partial charge on any atom is -0.458 e. The van der Waals surface area contributed by atoms with Gasteiger partial charge in [-0.25, -0.2) is 4.79 Å². The summed E-state index contributed by atoms with van der Waals surface area (Å²) < 4.78 is 5.51. The molecule has 2 atom stereocenters. The van der Waals surface area contributed by atoms with E-state index in [4.69, 9.17) is 10.5 Å². The second kappa shape index (κ2) is 12.8. The maximum atomic E-state index is 12.7. The highest BCUT2D eigenvalue weighted by atomic mass is 32.2. The molecule has 2 aromatic carbocycles. The average molecular weight is 461 g/mol. The van der Waals surface area contributed by atoms with Gasteiger partial charge in [0, 0.05) is 23.0 Å². The van der Waals surface area contributed by atoms with E-state index in [0.29, 0.717) is 11.5 Å². The molecule has 0 spiro atoms. The van der Waals surface area contributed by atoms with Gasteiger partial charge >= 0.3 is 5.97 Å². The first-order chi connectivity index (χ1) is 14.7. The van der Waals surface area contributed by atoms with Crippen molar-refractivity contribution >= 4 is 35.4 Å². The molecule has 1 amide bonds. The Labute approximate surface area is 193 Å². The van der Waals surface area contributed by atoms with Crippen LogP contribution in [-0.2, 0) is 25.8 Å². The van der Waals surface area contributed by atoms with E-state index in [-0.39, 0.29) is 5.91 Å². The van der Waals surface area contributed by atoms with E-state index in [2.05, 4.69) is 5.32 Å². The SMILES string of the molecule is CC(C)(C)OC(=O)[C@H](CSCc1ccccc1)NC(=O)[C@@H](N)CSCc1ccccc1. The average Bonchev–Trinajstić information content (AvgIpc) is 2.73. The molecule has 168 valence electrons. The first-order valence-electron chi connectivity index (χ1n) is 10.3. The molecule has 31 heavy (non-hydrogen) atoms. The number of rotatable bonds is 11. The first-order valence-corrected chi connectivity index (χ1v) is 12.6. The van der Waals surface area contributed by atoms with Crippen molar-refractivity contribution < 1.29 is 14.3 Å². The first kappa shape index (κ1) is 25.3. The van der Waals surface area contributed by atoms with E-state index < -0.39 is 23.7 Å². The third-order valence-electron chi connectivity index (χ3n) is 4.15. The predicted octanol–water partition coefficient (Wildman–Crippen LogP) is 4.01. The fourth-order valence-electron chi connectivity index (χ4n) is 2.64. The molecule has 0 saturated heterocycles. The number of hydrogen-bond donors (Lipinski definition) is 2. The van der Waals surface area contributed by atoms with Gasteiger partial charge in [0.2, 0.25) is 5.91 Å². The van der Waals surface area contributed by atoms with E-state index in [0.717, 1.165) is 17.1 Å². The highest BCUT2D eigenvalue weighted by molar-refractivity contribution is 7.98. The zero-order valence-corrected chi connectivity index (χ0v) is 20.0. The highest BCUT2D eigenvalue weighted by Crippen LogP contribution is 2.16. The lowest BCUT2D eigenvalue weighted by Gasteiger charge is -2.25. The quantitative estimate of drug-likeness (QED) is 0.493. The van der Waals surface area contributed by atoms with E-state index in [1.165, 1.54) is 5.56 Å². The van der Waals surface area contributed by atoms with Gasteiger partial charge in [0.15, 0.2) is 0 Å². The van der Waals surface area contributed by atoms with E-state index >= 15 is 0 Å². The molecule has 0 saturated carbocycles. The number of thioether (sulfide) groups is 2. The third-order valence-corrected chi connectivity index (χ3v) is 6.39. The van der Waals surface area contributed by atoms with Crippen LogP contribution in [0.1, 0.15) is 31.9 Å². The molecule has 0 fully saturated rings. The molecule has 3 N–H and O–H groups in total. The number of hydrogen-bond acceptors (Lipinski definition) is 6. The molecule has 0 aliphatic carbocycles. The van der Waals surface area contributed by atoms with Gasteiger partial charge in [-0.1, -0.05) is 60.7 Å². The Bertz CT molecular complexity index is 811. The summed E-state index contributed by atoms with van der Waals surface area (Å²) in [6.45, 7) is 5.44. The Balaban J connectivity index is 1.88. The van der Waals surface area contributed by atoms with Gasteiger partial charge in [0.25, 0.3) is 0 Å². The number of carbonyl (C=O) groups excluding carboxylic acids is 2. The van der Waals surface area contributed by atoms with Crippen LogP contribution in [0.4, 0.5) is 0 Å². The molecule has 0 bridgehead atoms. The van der Waals surface area contributed by atoms with Crippen LogP contribution in [0.15, 0.2) is 60.7 Å². The Kier molecular flexibility index (Phi) is 10.4. The van der Waals surface area contributed by atoms with Gasteiger partial charge in [-0.3, -0.25) is 4.79 Å². The van der Waals surface area contributed by atoms with Crippen molar-refractivity contribution in [3.63, 3.8) is 0 Å². The second-order valence-electron chi connectivity index (χ2n) is 8.20. The van der Waals surface area contributed by atoms with E-state index in [1.54, 1.807) is 23.5 Å². The molecule has 0 heterocycles. The van der Waals surface area contributed by atoms with Gasteiger partial charge < -0.3 is 15.8 Å². The largest absolute Gasteiger partial charge is 0.458 e. The van der Waals surface area contributed by atoms with E-state index in [9.17, 15) is 9.59 Å². The van der Waals surface area contributed by atoms with Crippen molar-refractivity contribution in [2.75, 3.05) is 11.5 Å². The number of amides is 1. The lowest BCUT2D eigenvalue weighted by molar-refractivity contribution is -0.157. The lowest BCUT2D eigenvalue weighted by atomic mass is 10.2. The van der Waals surface area contributed by atoms with Gasteiger partial charge in [0.05, 0.1) is 6.04 Å². The number of nitrogens with two attached hydrogens (primary N) is 1. The van der Waals surface area contributed by atoms with Crippen LogP contribution in [0, 0.1) is 0 Å². The second-order valence-corrected chi connectivity index (χ2v) is 10.3. The summed E-state index contributed by atoms with van der Waals surface area (Å²) in [5, 5.41) is 2.80. The molecule has 0 aliphatic rings. The Morgan fingerprint density at radius 1 is 0.903 bits per heavy atom. The lowest BCUT2D eigenvalue weighted by Crippen LogP contribution is -2.51. The topological polar surface area (TPSA) is 81.4 Å². The minimum absolute atomic E-state index is 0.336. The van der Waals surface area contributed by atoms with Crippen molar-refractivity contribution in [1.82, 2.24) is 5.32 Å². The van der Waals surface area contributed by atoms with Crippen LogP contribution >= 0.6 is 23.5 Å². The van der Waals surface area contributed by atoms with Gasteiger partial charge in [-0.05, 0) is 31.9 Å². The molecular formula is C24H32N2O3S2. The number of nitrogens with one attached hydrogen (secondary N) is 1. The molecule has 2 aromatic rings. The van der Waals surface area contributed by atoms with Crippen LogP contribution < -0.4 is 11.1 Å². The molecular weight excluding hydrogens is 428 g/mol. The van der Waals surface area contributed by atoms with Crippen molar-refractivity contribution in [1.29, 1.82) is 0 Å². The Morgan fingerprint density at radius 2 is 1.39 bits per heavy atom. The van der Waals surface area contributed by atoms with Crippen LogP contribution in [0.3, 0.4) is 0 Å². The van der Waals surface area contributed by atoms with E-state index in [1.807, 2.05) is 81.4 Å². The fraction of sp³-hybridized carbons (Fsp3) is 0.417. The number of carbonyl (C=O) groups is 2. The predicted molar refractivity (Wildman–Crippen MR) is 131 cm³/mol. The van der Waals surface area contributed by atoms with Crippen LogP contribution in [0.2, 0.25) is 0 Å². The summed E-state index contributed by atoms with van der Waals surface area (Å²) in [6, 6.07) is 18.6. The fourth-order valence-corrected chi connectivity index (χ4v) is 4.60. The summed E-state index contributed by atoms with van der Waals surface area (Å²) >= 11 is 3.17. The van der Waals surface area contributed by atoms with Crippen LogP contribution in [0.25, 0.3) is 0 Å². The van der Waals surface area contributed by atoms with Gasteiger partial charge in [0.1, 0.15) is 11.6 Å². The number of esters is 1. The summed E-state index contributed by atoms with van der Waals surface area (Å²) in [7, 11) is 0. The number of benzene rings is 2. The molecule has 0 aromatic heterocycles. The van der Waals surface area contributed by atoms with Crippen molar-refractivity contribution in [2.24, 2.45) is 5.73 Å². The monoisotopic (exact) mass is 460 g/mol. The summed E-state index contributed by atoms with van der Waals surface area (Å²) in [4.78, 5) is 25.3. The molecule has 0 aliphatic heterocycles. The molecule has 0 unspecified atom stereocenters. The molecule has 2 rings (SSSR count). The van der Waals surface area contributed by atoms with Crippen LogP contribution in [-0.4, -0.2) is 41.1 Å². The van der Waals surface area contributed by atoms with Crippen LogP contribution in [0.5, 0.6) is 0 Å². The molecule has 7 heteroatoms. The maximum Gasteiger partial charge on any atom is 0.330 e. The standard InChI is InChI=1S/C24H32N2O3S2/c1-24(2,3)29-23(28)21(17-31-15-19-12-8-5-9-13-19)26-22(27)20(25)16-30-14-18-10-6-4-7-11-18/h4-13,20-21H,14-17,25H2,1-3H3,(H,26,27)/t20-,21-/m0/s1. The minimum atomic E-state index is -0.745. The normalized spacial score (nSPS) is 13.3. The van der Waals surface area contributed by atoms with Crippen molar-refractivity contribution in [2.45, 2.75) is 50.0 Å². The van der Waals surface area contributed by atoms with Crippen molar-refractivity contribution in [3.05, 3.63) is 71.8 Å². The zero-order chi connectivity index (χ0) is 22.7. The van der Waals surface area contributed by atoms with Crippen molar-refractivity contribution in [3.8, 4) is 0 Å². The van der Waals surface area contributed by atoms with Gasteiger partial charge in [-0.2, -0.15) is 23.5 Å². The Hall–Kier alpha value is -1.96. The third kappa shape index (κ3) is 10.3. The Morgan fingerprint density at radius 3 is 1.87 bits per heavy atom. The highest BCUT2D eigenvalue weighted by Gasteiger charge is 2.28. The molecule has 0 radical (unpaired) electrons. The smallest absolute Gasteiger partial charge is 0.330 e. The maximum absolute atomic E-state index is 12.7. The zero-order valence-electron chi connectivity index (χ0n) is 18.4. The molecule has 5 nitrogen and oxygen atoms in total. The summed E-state index contributed by atoms with van der Waals surface area (Å²) in [5.74, 6) is 1.64. The summed E-state index contributed by atoms with van der Waals surface area (Å²) in [6.07, 6.45) is 0. The summed E-state index contributed by atoms with van der Waals surface area (Å²) in [5.41, 5.74) is 7.80. The van der Waals surface area contributed by atoms with Gasteiger partial charge in [-0.15, -0.1) is 0 Å². The number of ether oxygens (including phenoxy) is 1.